The minimum Gasteiger partial charge on any atom is -0.397 e. The lowest BCUT2D eigenvalue weighted by Gasteiger charge is -2.17. The lowest BCUT2D eigenvalue weighted by atomic mass is 10.0. The van der Waals surface area contributed by atoms with E-state index in [1.165, 1.54) is 26.8 Å². The van der Waals surface area contributed by atoms with Crippen molar-refractivity contribution in [2.24, 2.45) is 0 Å². The van der Waals surface area contributed by atoms with Crippen molar-refractivity contribution >= 4 is 27.4 Å². The zero-order valence-corrected chi connectivity index (χ0v) is 10.4. The Morgan fingerprint density at radius 1 is 1.60 bits per heavy atom. The molecule has 0 aliphatic heterocycles. The Kier molecular flexibility index (Phi) is 3.13. The van der Waals surface area contributed by atoms with Gasteiger partial charge in [-0.05, 0) is 35.8 Å². The first kappa shape index (κ1) is 12.1. The molecule has 3 nitrogen and oxygen atoms in total. The molecule has 0 fully saturated rings. The highest BCUT2D eigenvalue weighted by atomic mass is 79.9. The topological polar surface area (TPSA) is 56.0 Å². The summed E-state index contributed by atoms with van der Waals surface area (Å²) in [5.41, 5.74) is 4.77. The summed E-state index contributed by atoms with van der Waals surface area (Å²) >= 11 is 3.13. The number of carbonyl (C=O) groups excluding carboxylic acids is 1. The molecule has 0 aromatic carbocycles. The number of hydrogen-bond acceptors (Lipinski definition) is 3. The number of halogens is 2. The molecule has 0 aliphatic rings. The average Bonchev–Trinajstić information content (AvgIpc) is 2.06. The molecule has 82 valence electrons. The van der Waals surface area contributed by atoms with Gasteiger partial charge in [-0.15, -0.1) is 0 Å². The Hall–Kier alpha value is -0.970. The number of nitrogens with zero attached hydrogens (tertiary/aromatic N) is 1. The second kappa shape index (κ2) is 3.89. The minimum absolute atomic E-state index is 0.162. The number of ketones is 1. The summed E-state index contributed by atoms with van der Waals surface area (Å²) in [4.78, 5) is 15.1. The van der Waals surface area contributed by atoms with Gasteiger partial charge in [0.25, 0.3) is 0 Å². The van der Waals surface area contributed by atoms with E-state index in [1.807, 2.05) is 0 Å². The van der Waals surface area contributed by atoms with Crippen molar-refractivity contribution in [3.63, 3.8) is 0 Å². The lowest BCUT2D eigenvalue weighted by Crippen LogP contribution is -2.14. The van der Waals surface area contributed by atoms with Gasteiger partial charge >= 0.3 is 0 Å². The van der Waals surface area contributed by atoms with Crippen LogP contribution in [0.2, 0.25) is 0 Å². The fourth-order valence-corrected chi connectivity index (χ4v) is 1.97. The van der Waals surface area contributed by atoms with Gasteiger partial charge in [-0.3, -0.25) is 4.79 Å². The Bertz CT molecular complexity index is 413. The molecule has 5 heteroatoms. The van der Waals surface area contributed by atoms with Crippen molar-refractivity contribution in [1.29, 1.82) is 0 Å². The molecule has 1 aromatic heterocycles. The molecule has 0 saturated carbocycles. The quantitative estimate of drug-likeness (QED) is 0.667. The first-order valence-corrected chi connectivity index (χ1v) is 5.19. The lowest BCUT2D eigenvalue weighted by molar-refractivity contribution is 0.101. The fraction of sp³-hybridized carbons (Fsp3) is 0.400. The van der Waals surface area contributed by atoms with E-state index in [0.717, 1.165) is 0 Å². The molecule has 0 saturated heterocycles. The third-order valence-electron chi connectivity index (χ3n) is 1.98. The van der Waals surface area contributed by atoms with Crippen LogP contribution in [0.4, 0.5) is 10.1 Å². The molecule has 0 unspecified atom stereocenters. The number of aromatic nitrogens is 1. The van der Waals surface area contributed by atoms with Gasteiger partial charge in [0.15, 0.2) is 5.78 Å². The molecule has 0 bridgehead atoms. The summed E-state index contributed by atoms with van der Waals surface area (Å²) in [5.74, 6) is -0.239. The van der Waals surface area contributed by atoms with E-state index >= 15 is 0 Å². The van der Waals surface area contributed by atoms with E-state index in [1.54, 1.807) is 0 Å². The average molecular weight is 275 g/mol. The van der Waals surface area contributed by atoms with E-state index in [-0.39, 0.29) is 17.2 Å². The number of nitrogen functional groups attached to an aromatic ring is 1. The second-order valence-corrected chi connectivity index (χ2v) is 4.54. The third kappa shape index (κ3) is 2.53. The van der Waals surface area contributed by atoms with Crippen molar-refractivity contribution in [3.05, 3.63) is 21.9 Å². The summed E-state index contributed by atoms with van der Waals surface area (Å²) in [6.07, 6.45) is 0. The number of rotatable bonds is 2. The van der Waals surface area contributed by atoms with Gasteiger partial charge in [-0.1, -0.05) is 0 Å². The van der Waals surface area contributed by atoms with Gasteiger partial charge in [0.2, 0.25) is 0 Å². The maximum atomic E-state index is 13.7. The molecule has 0 atom stereocenters. The summed E-state index contributed by atoms with van der Waals surface area (Å²) in [7, 11) is 0. The zero-order valence-electron chi connectivity index (χ0n) is 8.77. The third-order valence-corrected chi connectivity index (χ3v) is 2.58. The normalized spacial score (nSPS) is 11.5. The van der Waals surface area contributed by atoms with Gasteiger partial charge in [0.05, 0.1) is 5.69 Å². The van der Waals surface area contributed by atoms with Crippen LogP contribution in [0.15, 0.2) is 10.7 Å². The van der Waals surface area contributed by atoms with Crippen LogP contribution < -0.4 is 5.73 Å². The molecule has 2 N–H and O–H groups in total. The highest BCUT2D eigenvalue weighted by Crippen LogP contribution is 2.32. The number of hydrogen-bond donors (Lipinski definition) is 1. The molecular formula is C10H12BrFN2O. The summed E-state index contributed by atoms with van der Waals surface area (Å²) in [6.45, 7) is 4.18. The predicted molar refractivity (Wildman–Crippen MR) is 60.5 cm³/mol. The van der Waals surface area contributed by atoms with E-state index in [2.05, 4.69) is 20.9 Å². The molecular weight excluding hydrogens is 263 g/mol. The van der Waals surface area contributed by atoms with Crippen LogP contribution in [-0.4, -0.2) is 10.8 Å². The Balaban J connectivity index is 3.39. The van der Waals surface area contributed by atoms with Crippen LogP contribution in [0.3, 0.4) is 0 Å². The van der Waals surface area contributed by atoms with Gasteiger partial charge < -0.3 is 5.73 Å². The first-order valence-electron chi connectivity index (χ1n) is 4.40. The van der Waals surface area contributed by atoms with E-state index in [0.29, 0.717) is 10.2 Å². The molecule has 0 amide bonds. The molecule has 15 heavy (non-hydrogen) atoms. The number of anilines is 1. The Labute approximate surface area is 96.0 Å². The monoisotopic (exact) mass is 274 g/mol. The van der Waals surface area contributed by atoms with E-state index in [9.17, 15) is 9.18 Å². The number of Topliss-reactive ketones (excluding diaryl/α,β-unsaturated/α-hetero) is 1. The number of nitrogens with two attached hydrogens (primary N) is 1. The molecule has 1 aromatic rings. The van der Waals surface area contributed by atoms with Crippen molar-refractivity contribution in [2.45, 2.75) is 26.4 Å². The fourth-order valence-electron chi connectivity index (χ4n) is 1.21. The van der Waals surface area contributed by atoms with Gasteiger partial charge in [0.1, 0.15) is 16.0 Å². The molecule has 0 radical (unpaired) electrons. The summed E-state index contributed by atoms with van der Waals surface area (Å²) in [6, 6.07) is 1.44. The highest BCUT2D eigenvalue weighted by molar-refractivity contribution is 9.10. The van der Waals surface area contributed by atoms with Crippen molar-refractivity contribution in [1.82, 2.24) is 4.98 Å². The highest BCUT2D eigenvalue weighted by Gasteiger charge is 2.24. The maximum absolute atomic E-state index is 13.7. The molecule has 1 rings (SSSR count). The smallest absolute Gasteiger partial charge is 0.180 e. The summed E-state index contributed by atoms with van der Waals surface area (Å²) < 4.78 is 14.0. The standard InChI is InChI=1S/C10H12BrFN2O/c1-5(15)8-7(13)4-6(9(11)14-8)10(2,3)12/h4H,13H2,1-3H3. The van der Waals surface area contributed by atoms with Crippen LogP contribution >= 0.6 is 15.9 Å². The second-order valence-electron chi connectivity index (χ2n) is 3.79. The van der Waals surface area contributed by atoms with Crippen molar-refractivity contribution in [2.75, 3.05) is 5.73 Å². The van der Waals surface area contributed by atoms with Crippen LogP contribution in [0, 0.1) is 0 Å². The van der Waals surface area contributed by atoms with Crippen molar-refractivity contribution < 1.29 is 9.18 Å². The molecule has 0 spiro atoms. The molecule has 1 heterocycles. The zero-order chi connectivity index (χ0) is 11.8. The van der Waals surface area contributed by atoms with Crippen LogP contribution in [0.1, 0.15) is 36.8 Å². The number of carbonyl (C=O) groups is 1. The SMILES string of the molecule is CC(=O)c1nc(Br)c(C(C)(C)F)cc1N. The van der Waals surface area contributed by atoms with Gasteiger partial charge in [0, 0.05) is 12.5 Å². The van der Waals surface area contributed by atoms with Gasteiger partial charge in [-0.2, -0.15) is 0 Å². The summed E-state index contributed by atoms with van der Waals surface area (Å²) in [5, 5.41) is 0. The maximum Gasteiger partial charge on any atom is 0.180 e. The van der Waals surface area contributed by atoms with Crippen molar-refractivity contribution in [3.8, 4) is 0 Å². The Morgan fingerprint density at radius 3 is 2.53 bits per heavy atom. The van der Waals surface area contributed by atoms with Crippen LogP contribution in [0.25, 0.3) is 0 Å². The predicted octanol–water partition coefficient (Wildman–Crippen LogP) is 2.83. The number of alkyl halides is 1. The van der Waals surface area contributed by atoms with Crippen LogP contribution in [0.5, 0.6) is 0 Å². The van der Waals surface area contributed by atoms with E-state index < -0.39 is 5.67 Å². The first-order chi connectivity index (χ1) is 6.73. The Morgan fingerprint density at radius 2 is 2.13 bits per heavy atom. The molecule has 0 aliphatic carbocycles. The van der Waals surface area contributed by atoms with Gasteiger partial charge in [-0.25, -0.2) is 9.37 Å². The minimum atomic E-state index is -1.55. The van der Waals surface area contributed by atoms with E-state index in [4.69, 9.17) is 5.73 Å². The number of pyridine rings is 1. The largest absolute Gasteiger partial charge is 0.397 e. The van der Waals surface area contributed by atoms with Crippen LogP contribution in [-0.2, 0) is 5.67 Å².